The second kappa shape index (κ2) is 7.27. The second-order valence-corrected chi connectivity index (χ2v) is 5.48. The van der Waals surface area contributed by atoms with Crippen LogP contribution < -0.4 is 10.2 Å². The molecule has 5 heteroatoms. The Morgan fingerprint density at radius 2 is 2.05 bits per heavy atom. The lowest BCUT2D eigenvalue weighted by Gasteiger charge is -2.21. The maximum absolute atomic E-state index is 6.24. The Morgan fingerprint density at radius 3 is 2.76 bits per heavy atom. The molecule has 0 saturated carbocycles. The van der Waals surface area contributed by atoms with Gasteiger partial charge in [0.05, 0.1) is 6.20 Å². The number of nitrogens with one attached hydrogen (secondary N) is 1. The van der Waals surface area contributed by atoms with Crippen molar-refractivity contribution in [3.05, 3.63) is 46.6 Å². The maximum atomic E-state index is 6.24. The van der Waals surface area contributed by atoms with Crippen LogP contribution in [0.25, 0.3) is 0 Å². The fourth-order valence-corrected chi connectivity index (χ4v) is 2.30. The third kappa shape index (κ3) is 4.08. The minimum absolute atomic E-state index is 0.563. The molecule has 2 rings (SSSR count). The van der Waals surface area contributed by atoms with Crippen molar-refractivity contribution < 1.29 is 0 Å². The molecule has 1 N–H and O–H groups in total. The first kappa shape index (κ1) is 15.6. The predicted molar refractivity (Wildman–Crippen MR) is 89.1 cm³/mol. The van der Waals surface area contributed by atoms with Gasteiger partial charge >= 0.3 is 0 Å². The summed E-state index contributed by atoms with van der Waals surface area (Å²) in [6.45, 7) is 5.83. The predicted octanol–water partition coefficient (Wildman–Crippen LogP) is 3.90. The molecule has 1 aromatic carbocycles. The van der Waals surface area contributed by atoms with E-state index < -0.39 is 0 Å². The van der Waals surface area contributed by atoms with Crippen molar-refractivity contribution >= 4 is 23.4 Å². The number of anilines is 2. The van der Waals surface area contributed by atoms with Gasteiger partial charge in [0.25, 0.3) is 0 Å². The molecular formula is C16H21ClN4. The van der Waals surface area contributed by atoms with Crippen molar-refractivity contribution in [2.75, 3.05) is 23.8 Å². The molecule has 0 amide bonds. The minimum atomic E-state index is 0.563. The highest BCUT2D eigenvalue weighted by Crippen LogP contribution is 2.24. The zero-order valence-corrected chi connectivity index (χ0v) is 13.5. The van der Waals surface area contributed by atoms with Crippen molar-refractivity contribution in [1.82, 2.24) is 9.97 Å². The van der Waals surface area contributed by atoms with Gasteiger partial charge in [-0.25, -0.2) is 4.98 Å². The summed E-state index contributed by atoms with van der Waals surface area (Å²) in [4.78, 5) is 10.8. The average Bonchev–Trinajstić information content (AvgIpc) is 2.48. The van der Waals surface area contributed by atoms with Crippen LogP contribution in [0.2, 0.25) is 5.02 Å². The maximum Gasteiger partial charge on any atom is 0.224 e. The van der Waals surface area contributed by atoms with Crippen LogP contribution in [-0.2, 0) is 6.54 Å². The van der Waals surface area contributed by atoms with Gasteiger partial charge in [-0.05, 0) is 24.5 Å². The van der Waals surface area contributed by atoms with Crippen LogP contribution in [0.5, 0.6) is 0 Å². The van der Waals surface area contributed by atoms with Crippen LogP contribution in [0, 0.1) is 6.92 Å². The highest BCUT2D eigenvalue weighted by Gasteiger charge is 2.11. The van der Waals surface area contributed by atoms with Crippen LogP contribution in [-0.4, -0.2) is 23.6 Å². The first-order valence-electron chi connectivity index (χ1n) is 7.14. The van der Waals surface area contributed by atoms with Crippen LogP contribution in [0.1, 0.15) is 24.5 Å². The molecule has 1 aromatic heterocycles. The van der Waals surface area contributed by atoms with E-state index in [9.17, 15) is 0 Å². The summed E-state index contributed by atoms with van der Waals surface area (Å²) >= 11 is 6.24. The van der Waals surface area contributed by atoms with Gasteiger partial charge in [-0.2, -0.15) is 4.98 Å². The zero-order valence-electron chi connectivity index (χ0n) is 12.7. The van der Waals surface area contributed by atoms with Gasteiger partial charge in [-0.3, -0.25) is 0 Å². The molecule has 0 spiro atoms. The van der Waals surface area contributed by atoms with E-state index in [4.69, 9.17) is 11.6 Å². The van der Waals surface area contributed by atoms with E-state index in [-0.39, 0.29) is 0 Å². The monoisotopic (exact) mass is 304 g/mol. The fraction of sp³-hybridized carbons (Fsp3) is 0.375. The van der Waals surface area contributed by atoms with Crippen LogP contribution in [0.15, 0.2) is 30.5 Å². The summed E-state index contributed by atoms with van der Waals surface area (Å²) in [5, 5.41) is 3.75. The summed E-state index contributed by atoms with van der Waals surface area (Å²) in [5.41, 5.74) is 2.52. The van der Waals surface area contributed by atoms with Crippen molar-refractivity contribution in [2.24, 2.45) is 0 Å². The quantitative estimate of drug-likeness (QED) is 0.879. The van der Waals surface area contributed by atoms with E-state index in [1.54, 1.807) is 6.20 Å². The largest absolute Gasteiger partial charge is 0.354 e. The van der Waals surface area contributed by atoms with Crippen molar-refractivity contribution in [3.8, 4) is 0 Å². The lowest BCUT2D eigenvalue weighted by atomic mass is 10.1. The van der Waals surface area contributed by atoms with Crippen LogP contribution in [0.3, 0.4) is 0 Å². The SMILES string of the molecule is CCCNc1ncc(Cl)c(N(C)Cc2ccccc2C)n1. The molecule has 21 heavy (non-hydrogen) atoms. The van der Waals surface area contributed by atoms with Gasteiger partial charge in [0.15, 0.2) is 5.82 Å². The van der Waals surface area contributed by atoms with Gasteiger partial charge in [-0.1, -0.05) is 42.8 Å². The Morgan fingerprint density at radius 1 is 1.29 bits per heavy atom. The number of rotatable bonds is 6. The number of nitrogens with zero attached hydrogens (tertiary/aromatic N) is 3. The standard InChI is InChI=1S/C16H21ClN4/c1-4-9-18-16-19-10-14(17)15(20-16)21(3)11-13-8-6-5-7-12(13)2/h5-8,10H,4,9,11H2,1-3H3,(H,18,19,20). The Labute approximate surface area is 131 Å². The molecule has 0 saturated heterocycles. The highest BCUT2D eigenvalue weighted by atomic mass is 35.5. The third-order valence-electron chi connectivity index (χ3n) is 3.29. The molecular weight excluding hydrogens is 284 g/mol. The summed E-state index contributed by atoms with van der Waals surface area (Å²) in [6.07, 6.45) is 2.68. The average molecular weight is 305 g/mol. The second-order valence-electron chi connectivity index (χ2n) is 5.07. The van der Waals surface area contributed by atoms with Crippen LogP contribution in [0.4, 0.5) is 11.8 Å². The Hall–Kier alpha value is -1.81. The molecule has 4 nitrogen and oxygen atoms in total. The van der Waals surface area contributed by atoms with E-state index in [0.29, 0.717) is 11.0 Å². The smallest absolute Gasteiger partial charge is 0.224 e. The summed E-state index contributed by atoms with van der Waals surface area (Å²) in [5.74, 6) is 1.36. The summed E-state index contributed by atoms with van der Waals surface area (Å²) < 4.78 is 0. The van der Waals surface area contributed by atoms with Crippen molar-refractivity contribution in [1.29, 1.82) is 0 Å². The number of hydrogen-bond acceptors (Lipinski definition) is 4. The highest BCUT2D eigenvalue weighted by molar-refractivity contribution is 6.32. The minimum Gasteiger partial charge on any atom is -0.354 e. The zero-order chi connectivity index (χ0) is 15.2. The topological polar surface area (TPSA) is 41.1 Å². The van der Waals surface area contributed by atoms with E-state index >= 15 is 0 Å². The van der Waals surface area contributed by atoms with E-state index in [1.807, 2.05) is 24.1 Å². The molecule has 2 aromatic rings. The van der Waals surface area contributed by atoms with Gasteiger partial charge in [-0.15, -0.1) is 0 Å². The van der Waals surface area contributed by atoms with Gasteiger partial charge in [0.1, 0.15) is 5.02 Å². The molecule has 0 fully saturated rings. The lowest BCUT2D eigenvalue weighted by Crippen LogP contribution is -2.19. The normalized spacial score (nSPS) is 10.5. The lowest BCUT2D eigenvalue weighted by molar-refractivity contribution is 0.879. The van der Waals surface area contributed by atoms with Gasteiger partial charge in [0.2, 0.25) is 5.95 Å². The molecule has 0 aliphatic rings. The van der Waals surface area contributed by atoms with E-state index in [2.05, 4.69) is 41.3 Å². The Balaban J connectivity index is 2.18. The van der Waals surface area contributed by atoms with Crippen molar-refractivity contribution in [3.63, 3.8) is 0 Å². The molecule has 0 unspecified atom stereocenters. The Kier molecular flexibility index (Phi) is 5.39. The summed E-state index contributed by atoms with van der Waals surface area (Å²) in [7, 11) is 1.99. The summed E-state index contributed by atoms with van der Waals surface area (Å²) in [6, 6.07) is 8.32. The number of aryl methyl sites for hydroxylation is 1. The molecule has 0 bridgehead atoms. The Bertz CT molecular complexity index is 601. The molecule has 0 atom stereocenters. The molecule has 0 aliphatic carbocycles. The molecule has 112 valence electrons. The van der Waals surface area contributed by atoms with E-state index in [1.165, 1.54) is 11.1 Å². The molecule has 0 radical (unpaired) electrons. The van der Waals surface area contributed by atoms with Crippen LogP contribution >= 0.6 is 11.6 Å². The third-order valence-corrected chi connectivity index (χ3v) is 3.56. The van der Waals surface area contributed by atoms with E-state index in [0.717, 1.165) is 25.3 Å². The number of aromatic nitrogens is 2. The van der Waals surface area contributed by atoms with Crippen molar-refractivity contribution in [2.45, 2.75) is 26.8 Å². The fourth-order valence-electron chi connectivity index (χ4n) is 2.07. The molecule has 0 aliphatic heterocycles. The molecule has 1 heterocycles. The first-order valence-corrected chi connectivity index (χ1v) is 7.51. The van der Waals surface area contributed by atoms with Gasteiger partial charge < -0.3 is 10.2 Å². The van der Waals surface area contributed by atoms with Gasteiger partial charge in [0, 0.05) is 20.1 Å². The number of benzene rings is 1. The number of hydrogen-bond donors (Lipinski definition) is 1. The number of halogens is 1. The first-order chi connectivity index (χ1) is 10.1.